The minimum Gasteiger partial charge on any atom is -0.353 e. The molecule has 1 fully saturated rings. The number of nitrogens with one attached hydrogen (secondary N) is 1. The number of alkyl halides is 3. The molecule has 1 unspecified atom stereocenters. The SMILES string of the molecule is O=C(NC1CCN(Cc2cccc(C(F)(F)F)c2)CC1)C1CC=CCC1. The standard InChI is InChI=1S/C20H25F3N2O/c21-20(22,23)17-8-4-5-15(13-17)14-25-11-9-18(10-12-25)24-19(26)16-6-2-1-3-7-16/h1-2,4-5,8,13,16,18H,3,6-7,9-12,14H2,(H,24,26). The largest absolute Gasteiger partial charge is 0.416 e. The molecule has 2 aliphatic rings. The molecule has 0 aromatic heterocycles. The second-order valence-electron chi connectivity index (χ2n) is 7.24. The van der Waals surface area contributed by atoms with Gasteiger partial charge in [0.1, 0.15) is 0 Å². The van der Waals surface area contributed by atoms with Gasteiger partial charge in [0.15, 0.2) is 0 Å². The topological polar surface area (TPSA) is 32.3 Å². The number of carbonyl (C=O) groups is 1. The zero-order chi connectivity index (χ0) is 18.6. The Morgan fingerprint density at radius 1 is 1.15 bits per heavy atom. The van der Waals surface area contributed by atoms with E-state index in [4.69, 9.17) is 0 Å². The minimum absolute atomic E-state index is 0.0862. The van der Waals surface area contributed by atoms with E-state index in [2.05, 4.69) is 22.4 Å². The Kier molecular flexibility index (Phi) is 6.01. The van der Waals surface area contributed by atoms with Gasteiger partial charge < -0.3 is 5.32 Å². The fraction of sp³-hybridized carbons (Fsp3) is 0.550. The molecule has 6 heteroatoms. The quantitative estimate of drug-likeness (QED) is 0.812. The summed E-state index contributed by atoms with van der Waals surface area (Å²) in [5.41, 5.74) is 0.0787. The number of halogens is 3. The Balaban J connectivity index is 1.47. The second-order valence-corrected chi connectivity index (χ2v) is 7.24. The molecule has 1 aliphatic carbocycles. The number of carbonyl (C=O) groups excluding carboxylic acids is 1. The van der Waals surface area contributed by atoms with Crippen LogP contribution in [0.2, 0.25) is 0 Å². The van der Waals surface area contributed by atoms with E-state index in [1.807, 2.05) is 0 Å². The Morgan fingerprint density at radius 3 is 2.58 bits per heavy atom. The smallest absolute Gasteiger partial charge is 0.353 e. The first kappa shape index (κ1) is 19.0. The molecule has 0 saturated carbocycles. The highest BCUT2D eigenvalue weighted by Gasteiger charge is 2.30. The van der Waals surface area contributed by atoms with Gasteiger partial charge in [-0.3, -0.25) is 9.69 Å². The molecule has 1 aromatic rings. The fourth-order valence-corrected chi connectivity index (χ4v) is 3.69. The highest BCUT2D eigenvalue weighted by Crippen LogP contribution is 2.30. The molecule has 1 heterocycles. The molecule has 1 aromatic carbocycles. The Hall–Kier alpha value is -1.82. The van der Waals surface area contributed by atoms with Crippen LogP contribution in [0, 0.1) is 5.92 Å². The first-order valence-corrected chi connectivity index (χ1v) is 9.25. The number of benzene rings is 1. The van der Waals surface area contributed by atoms with Crippen molar-refractivity contribution in [3.63, 3.8) is 0 Å². The molecule has 0 bridgehead atoms. The molecule has 1 atom stereocenters. The number of hydrogen-bond donors (Lipinski definition) is 1. The summed E-state index contributed by atoms with van der Waals surface area (Å²) in [4.78, 5) is 14.5. The molecule has 3 rings (SSSR count). The average Bonchev–Trinajstić information content (AvgIpc) is 2.63. The van der Waals surface area contributed by atoms with Crippen molar-refractivity contribution in [1.82, 2.24) is 10.2 Å². The van der Waals surface area contributed by atoms with E-state index in [0.29, 0.717) is 12.1 Å². The van der Waals surface area contributed by atoms with E-state index in [-0.39, 0.29) is 17.9 Å². The maximum absolute atomic E-state index is 12.8. The van der Waals surface area contributed by atoms with Gasteiger partial charge in [-0.15, -0.1) is 0 Å². The van der Waals surface area contributed by atoms with Crippen molar-refractivity contribution in [3.05, 3.63) is 47.5 Å². The molecule has 0 radical (unpaired) electrons. The maximum Gasteiger partial charge on any atom is 0.416 e. The van der Waals surface area contributed by atoms with Crippen LogP contribution >= 0.6 is 0 Å². The van der Waals surface area contributed by atoms with Crippen molar-refractivity contribution in [3.8, 4) is 0 Å². The number of allylic oxidation sites excluding steroid dienone is 2. The summed E-state index contributed by atoms with van der Waals surface area (Å²) in [5, 5.41) is 3.15. The number of piperidine rings is 1. The van der Waals surface area contributed by atoms with Gasteiger partial charge in [0.25, 0.3) is 0 Å². The molecule has 1 aliphatic heterocycles. The number of amides is 1. The Labute approximate surface area is 152 Å². The van der Waals surface area contributed by atoms with Crippen LogP contribution in [0.5, 0.6) is 0 Å². The molecule has 0 spiro atoms. The lowest BCUT2D eigenvalue weighted by atomic mass is 9.93. The van der Waals surface area contributed by atoms with E-state index in [0.717, 1.165) is 51.3 Å². The first-order chi connectivity index (χ1) is 12.4. The van der Waals surface area contributed by atoms with Crippen LogP contribution in [0.25, 0.3) is 0 Å². The van der Waals surface area contributed by atoms with Crippen molar-refractivity contribution in [2.45, 2.75) is 50.9 Å². The minimum atomic E-state index is -4.30. The van der Waals surface area contributed by atoms with E-state index >= 15 is 0 Å². The molecule has 26 heavy (non-hydrogen) atoms. The van der Waals surface area contributed by atoms with E-state index < -0.39 is 11.7 Å². The number of nitrogens with zero attached hydrogens (tertiary/aromatic N) is 1. The molecular weight excluding hydrogens is 341 g/mol. The Morgan fingerprint density at radius 2 is 1.92 bits per heavy atom. The van der Waals surface area contributed by atoms with Gasteiger partial charge in [-0.25, -0.2) is 0 Å². The zero-order valence-corrected chi connectivity index (χ0v) is 14.8. The fourth-order valence-electron chi connectivity index (χ4n) is 3.69. The van der Waals surface area contributed by atoms with Gasteiger partial charge >= 0.3 is 6.18 Å². The van der Waals surface area contributed by atoms with Crippen LogP contribution in [0.4, 0.5) is 13.2 Å². The van der Waals surface area contributed by atoms with E-state index in [9.17, 15) is 18.0 Å². The van der Waals surface area contributed by atoms with Gasteiger partial charge in [-0.1, -0.05) is 30.4 Å². The summed E-state index contributed by atoms with van der Waals surface area (Å²) in [6, 6.07) is 5.70. The monoisotopic (exact) mass is 366 g/mol. The lowest BCUT2D eigenvalue weighted by molar-refractivity contribution is -0.137. The number of rotatable bonds is 4. The lowest BCUT2D eigenvalue weighted by Gasteiger charge is -2.33. The normalized spacial score (nSPS) is 22.3. The maximum atomic E-state index is 12.8. The zero-order valence-electron chi connectivity index (χ0n) is 14.8. The first-order valence-electron chi connectivity index (χ1n) is 9.25. The van der Waals surface area contributed by atoms with Gasteiger partial charge in [0.05, 0.1) is 5.56 Å². The van der Waals surface area contributed by atoms with Gasteiger partial charge in [0.2, 0.25) is 5.91 Å². The Bertz CT molecular complexity index is 649. The average molecular weight is 366 g/mol. The van der Waals surface area contributed by atoms with Crippen molar-refractivity contribution in [2.75, 3.05) is 13.1 Å². The van der Waals surface area contributed by atoms with Crippen molar-refractivity contribution < 1.29 is 18.0 Å². The van der Waals surface area contributed by atoms with E-state index in [1.54, 1.807) is 6.07 Å². The summed E-state index contributed by atoms with van der Waals surface area (Å²) in [6.45, 7) is 2.08. The third-order valence-corrected chi connectivity index (χ3v) is 5.23. The second kappa shape index (κ2) is 8.25. The summed E-state index contributed by atoms with van der Waals surface area (Å²) in [7, 11) is 0. The number of hydrogen-bond acceptors (Lipinski definition) is 2. The molecule has 142 valence electrons. The van der Waals surface area contributed by atoms with Crippen LogP contribution in [0.15, 0.2) is 36.4 Å². The highest BCUT2D eigenvalue weighted by molar-refractivity contribution is 5.79. The van der Waals surface area contributed by atoms with Gasteiger partial charge in [-0.05, 0) is 43.7 Å². The summed E-state index contributed by atoms with van der Waals surface area (Å²) >= 11 is 0. The lowest BCUT2D eigenvalue weighted by Crippen LogP contribution is -2.46. The third kappa shape index (κ3) is 5.10. The summed E-state index contributed by atoms with van der Waals surface area (Å²) in [6.07, 6.45) is 4.27. The predicted molar refractivity (Wildman–Crippen MR) is 94.4 cm³/mol. The molecular formula is C20H25F3N2O. The van der Waals surface area contributed by atoms with Crippen LogP contribution in [0.3, 0.4) is 0 Å². The van der Waals surface area contributed by atoms with Crippen LogP contribution < -0.4 is 5.32 Å². The van der Waals surface area contributed by atoms with Crippen molar-refractivity contribution in [1.29, 1.82) is 0 Å². The molecule has 1 saturated heterocycles. The van der Waals surface area contributed by atoms with Crippen molar-refractivity contribution >= 4 is 5.91 Å². The van der Waals surface area contributed by atoms with Gasteiger partial charge in [-0.2, -0.15) is 13.2 Å². The highest BCUT2D eigenvalue weighted by atomic mass is 19.4. The summed E-state index contributed by atoms with van der Waals surface area (Å²) in [5.74, 6) is 0.230. The van der Waals surface area contributed by atoms with Crippen LogP contribution in [-0.4, -0.2) is 29.9 Å². The predicted octanol–water partition coefficient (Wildman–Crippen LogP) is 4.14. The molecule has 1 N–H and O–H groups in total. The summed E-state index contributed by atoms with van der Waals surface area (Å²) < 4.78 is 38.4. The number of likely N-dealkylation sites (tertiary alicyclic amines) is 1. The molecule has 1 amide bonds. The molecule has 3 nitrogen and oxygen atoms in total. The van der Waals surface area contributed by atoms with Crippen LogP contribution in [0.1, 0.15) is 43.2 Å². The van der Waals surface area contributed by atoms with Crippen molar-refractivity contribution in [2.24, 2.45) is 5.92 Å². The van der Waals surface area contributed by atoms with Crippen LogP contribution in [-0.2, 0) is 17.5 Å². The van der Waals surface area contributed by atoms with E-state index in [1.165, 1.54) is 12.1 Å². The van der Waals surface area contributed by atoms with Gasteiger partial charge in [0, 0.05) is 31.6 Å². The third-order valence-electron chi connectivity index (χ3n) is 5.23.